The first-order valence-electron chi connectivity index (χ1n) is 10.6. The monoisotopic (exact) mass is 397 g/mol. The molecule has 4 atom stereocenters. The number of carbonyl (C=O) groups excluding carboxylic acids is 2. The quantitative estimate of drug-likeness (QED) is 0.496. The van der Waals surface area contributed by atoms with Crippen molar-refractivity contribution >= 4 is 28.3 Å². The largest absolute Gasteiger partial charge is 0.274 e. The second-order valence-corrected chi connectivity index (χ2v) is 8.83. The molecule has 2 aliphatic carbocycles. The number of aromatic nitrogens is 2. The van der Waals surface area contributed by atoms with E-state index >= 15 is 0 Å². The van der Waals surface area contributed by atoms with Crippen LogP contribution in [0.15, 0.2) is 54.6 Å². The van der Waals surface area contributed by atoms with Gasteiger partial charge < -0.3 is 0 Å². The molecule has 2 heterocycles. The molecule has 30 heavy (non-hydrogen) atoms. The second-order valence-electron chi connectivity index (χ2n) is 8.83. The third kappa shape index (κ3) is 2.26. The predicted molar refractivity (Wildman–Crippen MR) is 115 cm³/mol. The van der Waals surface area contributed by atoms with E-state index in [1.807, 2.05) is 30.7 Å². The van der Waals surface area contributed by atoms with E-state index < -0.39 is 0 Å². The fourth-order valence-electron chi connectivity index (χ4n) is 5.88. The van der Waals surface area contributed by atoms with Crippen molar-refractivity contribution in [3.8, 4) is 0 Å². The van der Waals surface area contributed by atoms with E-state index in [9.17, 15) is 9.59 Å². The normalized spacial score (nSPS) is 26.9. The van der Waals surface area contributed by atoms with Gasteiger partial charge in [0.05, 0.1) is 35.5 Å². The molecule has 5 heteroatoms. The molecule has 1 saturated heterocycles. The van der Waals surface area contributed by atoms with Crippen molar-refractivity contribution in [1.29, 1.82) is 0 Å². The molecule has 2 amide bonds. The van der Waals surface area contributed by atoms with Crippen LogP contribution < -0.4 is 4.90 Å². The summed E-state index contributed by atoms with van der Waals surface area (Å²) >= 11 is 0. The Hall–Kier alpha value is -3.21. The number of anilines is 1. The van der Waals surface area contributed by atoms with Gasteiger partial charge in [-0.3, -0.25) is 14.3 Å². The Labute approximate surface area is 175 Å². The van der Waals surface area contributed by atoms with Crippen LogP contribution >= 0.6 is 0 Å². The number of imide groups is 1. The number of aryl methyl sites for hydroxylation is 1. The number of nitrogens with zero attached hydrogens (tertiary/aromatic N) is 3. The topological polar surface area (TPSA) is 55.2 Å². The summed E-state index contributed by atoms with van der Waals surface area (Å²) in [5.41, 5.74) is 3.44. The number of hydrogen-bond acceptors (Lipinski definition) is 3. The summed E-state index contributed by atoms with van der Waals surface area (Å²) in [4.78, 5) is 28.0. The van der Waals surface area contributed by atoms with Crippen LogP contribution in [0.4, 0.5) is 5.69 Å². The minimum atomic E-state index is -0.187. The van der Waals surface area contributed by atoms with Crippen molar-refractivity contribution in [1.82, 2.24) is 9.78 Å². The minimum absolute atomic E-state index is 0.0437. The van der Waals surface area contributed by atoms with Gasteiger partial charge in [0, 0.05) is 0 Å². The van der Waals surface area contributed by atoms with Crippen LogP contribution in [0.2, 0.25) is 0 Å². The van der Waals surface area contributed by atoms with Gasteiger partial charge in [-0.15, -0.1) is 0 Å². The fraction of sp³-hybridized carbons (Fsp3) is 0.320. The van der Waals surface area contributed by atoms with Crippen LogP contribution in [0.5, 0.6) is 0 Å². The molecular weight excluding hydrogens is 374 g/mol. The van der Waals surface area contributed by atoms with Crippen molar-refractivity contribution in [2.24, 2.45) is 23.7 Å². The lowest BCUT2D eigenvalue weighted by molar-refractivity contribution is -0.123. The van der Waals surface area contributed by atoms with E-state index in [-0.39, 0.29) is 35.5 Å². The Kier molecular flexibility index (Phi) is 3.61. The zero-order valence-electron chi connectivity index (χ0n) is 17.1. The van der Waals surface area contributed by atoms with E-state index in [1.54, 1.807) is 0 Å². The molecule has 5 nitrogen and oxygen atoms in total. The van der Waals surface area contributed by atoms with Crippen molar-refractivity contribution < 1.29 is 9.59 Å². The molecule has 1 saturated carbocycles. The average Bonchev–Trinajstić information content (AvgIpc) is 3.48. The zero-order valence-corrected chi connectivity index (χ0v) is 17.1. The fourth-order valence-corrected chi connectivity index (χ4v) is 5.88. The Morgan fingerprint density at radius 3 is 2.33 bits per heavy atom. The molecule has 6 rings (SSSR count). The molecule has 3 aliphatic rings. The van der Waals surface area contributed by atoms with Gasteiger partial charge in [-0.2, -0.15) is 5.10 Å². The van der Waals surface area contributed by atoms with Crippen LogP contribution in [-0.4, -0.2) is 21.6 Å². The summed E-state index contributed by atoms with van der Waals surface area (Å²) in [6.45, 7) is 4.45. The van der Waals surface area contributed by atoms with Gasteiger partial charge >= 0.3 is 0 Å². The van der Waals surface area contributed by atoms with E-state index in [4.69, 9.17) is 5.10 Å². The van der Waals surface area contributed by atoms with Crippen LogP contribution in [0.25, 0.3) is 10.8 Å². The highest BCUT2D eigenvalue weighted by atomic mass is 16.2. The summed E-state index contributed by atoms with van der Waals surface area (Å²) in [5.74, 6) is -0.0310. The Morgan fingerprint density at radius 1 is 0.933 bits per heavy atom. The molecule has 0 unspecified atom stereocenters. The second kappa shape index (κ2) is 6.14. The maximum absolute atomic E-state index is 13.3. The lowest BCUT2D eigenvalue weighted by atomic mass is 9.85. The van der Waals surface area contributed by atoms with Crippen molar-refractivity contribution in [2.75, 3.05) is 4.90 Å². The number of amides is 2. The number of carbonyl (C=O) groups is 2. The standard InChI is InChI=1S/C25H23N3O2/c1-14-23(28-24(29)21-17-10-11-18(12-17)22(21)25(28)30)15(2)27(26-14)13-19-8-5-7-16-6-3-4-9-20(16)19/h3-11,17-18,21-22H,12-13H2,1-2H3/t17-,18+,21-,22-/m0/s1. The van der Waals surface area contributed by atoms with Crippen LogP contribution in [0.3, 0.4) is 0 Å². The first-order chi connectivity index (χ1) is 14.5. The number of fused-ring (bicyclic) bond motifs is 6. The number of benzene rings is 2. The Morgan fingerprint density at radius 2 is 1.60 bits per heavy atom. The smallest absolute Gasteiger partial charge is 0.238 e. The molecule has 3 aromatic rings. The summed E-state index contributed by atoms with van der Waals surface area (Å²) < 4.78 is 1.92. The maximum atomic E-state index is 13.3. The molecule has 0 N–H and O–H groups in total. The van der Waals surface area contributed by atoms with E-state index in [0.29, 0.717) is 12.2 Å². The van der Waals surface area contributed by atoms with Gasteiger partial charge in [0.2, 0.25) is 11.8 Å². The lowest BCUT2D eigenvalue weighted by Crippen LogP contribution is -2.33. The highest BCUT2D eigenvalue weighted by Crippen LogP contribution is 2.53. The molecule has 2 bridgehead atoms. The molecular formula is C25H23N3O2. The van der Waals surface area contributed by atoms with Crippen molar-refractivity contribution in [3.05, 3.63) is 71.6 Å². The molecule has 2 aromatic carbocycles. The van der Waals surface area contributed by atoms with Crippen molar-refractivity contribution in [2.45, 2.75) is 26.8 Å². The lowest BCUT2D eigenvalue weighted by Gasteiger charge is -2.18. The Balaban J connectivity index is 1.39. The van der Waals surface area contributed by atoms with E-state index in [2.05, 4.69) is 42.5 Å². The molecule has 1 aliphatic heterocycles. The van der Waals surface area contributed by atoms with Crippen LogP contribution in [0.1, 0.15) is 23.4 Å². The summed E-state index contributed by atoms with van der Waals surface area (Å²) in [7, 11) is 0. The predicted octanol–water partition coefficient (Wildman–Crippen LogP) is 4.01. The third-order valence-electron chi connectivity index (χ3n) is 7.24. The van der Waals surface area contributed by atoms with Crippen LogP contribution in [-0.2, 0) is 16.1 Å². The highest BCUT2D eigenvalue weighted by molar-refractivity contribution is 6.23. The molecule has 2 fully saturated rings. The number of rotatable bonds is 3. The first kappa shape index (κ1) is 17.6. The van der Waals surface area contributed by atoms with E-state index in [0.717, 1.165) is 17.8 Å². The average molecular weight is 397 g/mol. The summed E-state index contributed by atoms with van der Waals surface area (Å²) in [5, 5.41) is 7.11. The van der Waals surface area contributed by atoms with Gasteiger partial charge in [-0.1, -0.05) is 54.6 Å². The van der Waals surface area contributed by atoms with Gasteiger partial charge in [-0.25, -0.2) is 4.90 Å². The minimum Gasteiger partial charge on any atom is -0.274 e. The third-order valence-corrected chi connectivity index (χ3v) is 7.24. The zero-order chi connectivity index (χ0) is 20.6. The molecule has 1 aromatic heterocycles. The number of allylic oxidation sites excluding steroid dienone is 2. The SMILES string of the molecule is Cc1nn(Cc2cccc3ccccc23)c(C)c1N1C(=O)[C@@H]2[C@@H](C1=O)[C@H]1C=C[C@@H]2C1. The summed E-state index contributed by atoms with van der Waals surface area (Å²) in [6.07, 6.45) is 5.20. The van der Waals surface area contributed by atoms with Gasteiger partial charge in [0.15, 0.2) is 0 Å². The van der Waals surface area contributed by atoms with Crippen LogP contribution in [0, 0.1) is 37.5 Å². The van der Waals surface area contributed by atoms with Gasteiger partial charge in [0.1, 0.15) is 0 Å². The van der Waals surface area contributed by atoms with Crippen molar-refractivity contribution in [3.63, 3.8) is 0 Å². The van der Waals surface area contributed by atoms with Gasteiger partial charge in [-0.05, 0) is 48.4 Å². The Bertz CT molecular complexity index is 1220. The number of hydrogen-bond donors (Lipinski definition) is 0. The maximum Gasteiger partial charge on any atom is 0.238 e. The highest BCUT2D eigenvalue weighted by Gasteiger charge is 2.60. The first-order valence-corrected chi connectivity index (χ1v) is 10.6. The molecule has 0 radical (unpaired) electrons. The summed E-state index contributed by atoms with van der Waals surface area (Å²) in [6, 6.07) is 14.6. The molecule has 150 valence electrons. The van der Waals surface area contributed by atoms with Gasteiger partial charge in [0.25, 0.3) is 0 Å². The van der Waals surface area contributed by atoms with E-state index in [1.165, 1.54) is 21.2 Å². The molecule has 0 spiro atoms.